The maximum absolute atomic E-state index is 5.78. The average molecular weight is 288 g/mol. The number of hydrogen-bond donors (Lipinski definition) is 1. The van der Waals surface area contributed by atoms with Crippen LogP contribution in [0.3, 0.4) is 0 Å². The van der Waals surface area contributed by atoms with Gasteiger partial charge < -0.3 is 15.2 Å². The fraction of sp³-hybridized carbons (Fsp3) is 0.500. The third-order valence-electron chi connectivity index (χ3n) is 2.14. The van der Waals surface area contributed by atoms with E-state index < -0.39 is 0 Å². The molecule has 0 aliphatic heterocycles. The molecule has 1 unspecified atom stereocenters. The van der Waals surface area contributed by atoms with Gasteiger partial charge in [-0.05, 0) is 53.9 Å². The van der Waals surface area contributed by atoms with Crippen molar-refractivity contribution >= 4 is 15.9 Å². The predicted octanol–water partition coefficient (Wildman–Crippen LogP) is 2.75. The summed E-state index contributed by atoms with van der Waals surface area (Å²) in [6, 6.07) is 4.13. The summed E-state index contributed by atoms with van der Waals surface area (Å²) in [6.07, 6.45) is 0.821. The van der Waals surface area contributed by atoms with Crippen LogP contribution in [0.2, 0.25) is 0 Å². The largest absolute Gasteiger partial charge is 0.493 e. The topological polar surface area (TPSA) is 44.5 Å². The van der Waals surface area contributed by atoms with Crippen LogP contribution in [0, 0.1) is 0 Å². The van der Waals surface area contributed by atoms with Gasteiger partial charge in [-0.15, -0.1) is 0 Å². The molecule has 0 aromatic heterocycles. The number of hydrogen-bond acceptors (Lipinski definition) is 3. The van der Waals surface area contributed by atoms with Crippen molar-refractivity contribution in [1.29, 1.82) is 0 Å². The quantitative estimate of drug-likeness (QED) is 0.906. The molecule has 0 spiro atoms. The van der Waals surface area contributed by atoms with E-state index in [0.717, 1.165) is 28.0 Å². The summed E-state index contributed by atoms with van der Waals surface area (Å²) in [5.41, 5.74) is 6.92. The van der Waals surface area contributed by atoms with E-state index in [-0.39, 0.29) is 6.04 Å². The fourth-order valence-corrected chi connectivity index (χ4v) is 2.15. The second kappa shape index (κ2) is 6.11. The molecule has 3 nitrogen and oxygen atoms in total. The molecule has 1 aromatic carbocycles. The van der Waals surface area contributed by atoms with Crippen LogP contribution in [-0.4, -0.2) is 19.8 Å². The van der Waals surface area contributed by atoms with E-state index in [9.17, 15) is 0 Å². The van der Waals surface area contributed by atoms with Gasteiger partial charge in [0.05, 0.1) is 18.2 Å². The van der Waals surface area contributed by atoms with E-state index in [4.69, 9.17) is 15.2 Å². The van der Waals surface area contributed by atoms with Gasteiger partial charge in [-0.1, -0.05) is 0 Å². The minimum absolute atomic E-state index is 0.134. The molecule has 0 amide bonds. The highest BCUT2D eigenvalue weighted by Crippen LogP contribution is 2.36. The third kappa shape index (κ3) is 3.39. The van der Waals surface area contributed by atoms with Crippen LogP contribution in [-0.2, 0) is 6.42 Å². The number of nitrogens with two attached hydrogens (primary N) is 1. The van der Waals surface area contributed by atoms with Crippen LogP contribution < -0.4 is 15.2 Å². The molecule has 4 heteroatoms. The molecule has 1 rings (SSSR count). The zero-order valence-corrected chi connectivity index (χ0v) is 11.5. The maximum atomic E-state index is 5.78. The van der Waals surface area contributed by atoms with Gasteiger partial charge in [0.1, 0.15) is 0 Å². The van der Waals surface area contributed by atoms with Crippen LogP contribution in [0.1, 0.15) is 19.4 Å². The van der Waals surface area contributed by atoms with Gasteiger partial charge in [0.15, 0.2) is 11.5 Å². The third-order valence-corrected chi connectivity index (χ3v) is 2.72. The van der Waals surface area contributed by atoms with Gasteiger partial charge in [-0.25, -0.2) is 0 Å². The van der Waals surface area contributed by atoms with Gasteiger partial charge >= 0.3 is 0 Å². The minimum atomic E-state index is 0.134. The Kier molecular flexibility index (Phi) is 5.09. The highest BCUT2D eigenvalue weighted by Gasteiger charge is 2.11. The Morgan fingerprint density at radius 3 is 2.62 bits per heavy atom. The summed E-state index contributed by atoms with van der Waals surface area (Å²) >= 11 is 3.48. The lowest BCUT2D eigenvalue weighted by Gasteiger charge is -2.14. The normalized spacial score (nSPS) is 12.3. The zero-order chi connectivity index (χ0) is 12.1. The average Bonchev–Trinajstić information content (AvgIpc) is 2.20. The Balaban J connectivity index is 3.05. The van der Waals surface area contributed by atoms with Gasteiger partial charge in [-0.2, -0.15) is 0 Å². The Morgan fingerprint density at radius 2 is 2.12 bits per heavy atom. The number of ether oxygens (including phenoxy) is 2. The number of halogens is 1. The first-order chi connectivity index (χ1) is 7.58. The molecular weight excluding hydrogens is 270 g/mol. The van der Waals surface area contributed by atoms with Gasteiger partial charge in [0.25, 0.3) is 0 Å². The number of rotatable bonds is 5. The van der Waals surface area contributed by atoms with Crippen molar-refractivity contribution in [1.82, 2.24) is 0 Å². The van der Waals surface area contributed by atoms with E-state index in [2.05, 4.69) is 15.9 Å². The first kappa shape index (κ1) is 13.3. The van der Waals surface area contributed by atoms with Gasteiger partial charge in [0.2, 0.25) is 0 Å². The highest BCUT2D eigenvalue weighted by atomic mass is 79.9. The lowest BCUT2D eigenvalue weighted by Crippen LogP contribution is -2.17. The maximum Gasteiger partial charge on any atom is 0.175 e. The first-order valence-electron chi connectivity index (χ1n) is 5.33. The highest BCUT2D eigenvalue weighted by molar-refractivity contribution is 9.10. The number of methoxy groups -OCH3 is 1. The molecule has 0 fully saturated rings. The Morgan fingerprint density at radius 1 is 1.44 bits per heavy atom. The van der Waals surface area contributed by atoms with Crippen molar-refractivity contribution in [2.24, 2.45) is 5.73 Å². The summed E-state index contributed by atoms with van der Waals surface area (Å²) in [5.74, 6) is 1.49. The Labute approximate surface area is 105 Å². The minimum Gasteiger partial charge on any atom is -0.493 e. The van der Waals surface area contributed by atoms with Gasteiger partial charge in [-0.3, -0.25) is 0 Å². The molecule has 1 aromatic rings. The van der Waals surface area contributed by atoms with Gasteiger partial charge in [0, 0.05) is 6.04 Å². The molecule has 0 bridgehead atoms. The molecule has 90 valence electrons. The Hall–Kier alpha value is -0.740. The first-order valence-corrected chi connectivity index (χ1v) is 6.12. The Bertz CT molecular complexity index is 353. The standard InChI is InChI=1S/C12H18BrNO2/c1-4-16-12-10(13)6-9(5-8(2)14)7-11(12)15-3/h6-8H,4-5,14H2,1-3H3. The van der Waals surface area contributed by atoms with E-state index in [1.807, 2.05) is 26.0 Å². The molecule has 0 aliphatic carbocycles. The predicted molar refractivity (Wildman–Crippen MR) is 69.2 cm³/mol. The zero-order valence-electron chi connectivity index (χ0n) is 9.92. The number of benzene rings is 1. The van der Waals surface area contributed by atoms with Crippen molar-refractivity contribution < 1.29 is 9.47 Å². The van der Waals surface area contributed by atoms with Crippen molar-refractivity contribution in [3.63, 3.8) is 0 Å². The van der Waals surface area contributed by atoms with E-state index in [1.54, 1.807) is 7.11 Å². The molecule has 1 atom stereocenters. The second-order valence-electron chi connectivity index (χ2n) is 3.72. The van der Waals surface area contributed by atoms with Crippen molar-refractivity contribution in [2.75, 3.05) is 13.7 Å². The van der Waals surface area contributed by atoms with Crippen LogP contribution in [0.5, 0.6) is 11.5 Å². The molecular formula is C12H18BrNO2. The van der Waals surface area contributed by atoms with E-state index in [0.29, 0.717) is 6.61 Å². The molecule has 0 radical (unpaired) electrons. The molecule has 2 N–H and O–H groups in total. The second-order valence-corrected chi connectivity index (χ2v) is 4.58. The van der Waals surface area contributed by atoms with Crippen molar-refractivity contribution in [3.05, 3.63) is 22.2 Å². The summed E-state index contributed by atoms with van der Waals surface area (Å²) in [7, 11) is 1.64. The molecule has 16 heavy (non-hydrogen) atoms. The van der Waals surface area contributed by atoms with Crippen molar-refractivity contribution in [3.8, 4) is 11.5 Å². The SMILES string of the molecule is CCOc1c(Br)cc(CC(C)N)cc1OC. The molecule has 0 saturated heterocycles. The molecule has 0 aliphatic rings. The lowest BCUT2D eigenvalue weighted by molar-refractivity contribution is 0.308. The van der Waals surface area contributed by atoms with E-state index >= 15 is 0 Å². The van der Waals surface area contributed by atoms with Crippen molar-refractivity contribution in [2.45, 2.75) is 26.3 Å². The van der Waals surface area contributed by atoms with Crippen LogP contribution in [0.25, 0.3) is 0 Å². The van der Waals surface area contributed by atoms with Crippen LogP contribution >= 0.6 is 15.9 Å². The smallest absolute Gasteiger partial charge is 0.175 e. The fourth-order valence-electron chi connectivity index (χ4n) is 1.55. The summed E-state index contributed by atoms with van der Waals surface area (Å²) in [6.45, 7) is 4.54. The monoisotopic (exact) mass is 287 g/mol. The molecule has 0 saturated carbocycles. The van der Waals surface area contributed by atoms with Crippen LogP contribution in [0.4, 0.5) is 0 Å². The summed E-state index contributed by atoms with van der Waals surface area (Å²) in [4.78, 5) is 0. The van der Waals surface area contributed by atoms with Crippen LogP contribution in [0.15, 0.2) is 16.6 Å². The molecule has 0 heterocycles. The summed E-state index contributed by atoms with van der Waals surface area (Å²) in [5, 5.41) is 0. The lowest BCUT2D eigenvalue weighted by atomic mass is 10.1. The van der Waals surface area contributed by atoms with E-state index in [1.165, 1.54) is 0 Å². The summed E-state index contributed by atoms with van der Waals surface area (Å²) < 4.78 is 11.7.